The molecule has 0 N–H and O–H groups in total. The van der Waals surface area contributed by atoms with Crippen LogP contribution in [0.3, 0.4) is 0 Å². The summed E-state index contributed by atoms with van der Waals surface area (Å²) in [7, 11) is 0. The van der Waals surface area contributed by atoms with Crippen LogP contribution >= 0.6 is 0 Å². The lowest BCUT2D eigenvalue weighted by atomic mass is 10.3. The van der Waals surface area contributed by atoms with Gasteiger partial charge in [0, 0.05) is 6.42 Å². The Labute approximate surface area is 41.7 Å². The Hall–Kier alpha value is -0.500. The molecule has 2 rings (SSSR count). The minimum atomic E-state index is 0.116. The summed E-state index contributed by atoms with van der Waals surface area (Å²) in [6, 6.07) is 0. The van der Waals surface area contributed by atoms with Gasteiger partial charge in [-0.05, 0) is 6.08 Å². The van der Waals surface area contributed by atoms with Crippen molar-refractivity contribution < 1.29 is 9.47 Å². The molecule has 2 aliphatic heterocycles. The van der Waals surface area contributed by atoms with Crippen LogP contribution in [-0.2, 0) is 9.47 Å². The lowest BCUT2D eigenvalue weighted by Crippen LogP contribution is -1.97. The second-order valence-corrected chi connectivity index (χ2v) is 1.79. The number of hydrogen-bond donors (Lipinski definition) is 0. The number of ether oxygens (including phenoxy) is 2. The maximum absolute atomic E-state index is 4.99. The molecule has 2 unspecified atom stereocenters. The number of rotatable bonds is 0. The van der Waals surface area contributed by atoms with Gasteiger partial charge in [-0.3, -0.25) is 0 Å². The summed E-state index contributed by atoms with van der Waals surface area (Å²) >= 11 is 0. The van der Waals surface area contributed by atoms with Gasteiger partial charge < -0.3 is 9.47 Å². The minimum Gasteiger partial charge on any atom is -0.470 e. The molecule has 0 spiro atoms. The Bertz CT molecular complexity index is 96.6. The van der Waals surface area contributed by atoms with Crippen LogP contribution in [0.25, 0.3) is 0 Å². The van der Waals surface area contributed by atoms with Crippen LogP contribution < -0.4 is 0 Å². The average molecular weight is 98.1 g/mol. The van der Waals surface area contributed by atoms with E-state index in [0.29, 0.717) is 6.10 Å². The number of epoxide rings is 1. The topological polar surface area (TPSA) is 21.8 Å². The van der Waals surface area contributed by atoms with Gasteiger partial charge in [0.1, 0.15) is 6.10 Å². The summed E-state index contributed by atoms with van der Waals surface area (Å²) in [6.07, 6.45) is 5.22. The first kappa shape index (κ1) is 3.50. The van der Waals surface area contributed by atoms with Crippen molar-refractivity contribution in [2.75, 3.05) is 0 Å². The maximum atomic E-state index is 4.99. The Balaban J connectivity index is 2.10. The fourth-order valence-corrected chi connectivity index (χ4v) is 0.736. The van der Waals surface area contributed by atoms with Crippen molar-refractivity contribution in [2.24, 2.45) is 0 Å². The van der Waals surface area contributed by atoms with E-state index in [1.165, 1.54) is 0 Å². The van der Waals surface area contributed by atoms with E-state index in [1.54, 1.807) is 6.26 Å². The van der Waals surface area contributed by atoms with Gasteiger partial charge in [-0.1, -0.05) is 0 Å². The van der Waals surface area contributed by atoms with Gasteiger partial charge in [-0.2, -0.15) is 0 Å². The second-order valence-electron chi connectivity index (χ2n) is 1.79. The first-order chi connectivity index (χ1) is 3.47. The molecule has 1 fully saturated rings. The van der Waals surface area contributed by atoms with Crippen molar-refractivity contribution in [3.8, 4) is 0 Å². The molecular formula is C5H6O2. The van der Waals surface area contributed by atoms with E-state index in [2.05, 4.69) is 0 Å². The smallest absolute Gasteiger partial charge is 0.226 e. The molecule has 38 valence electrons. The molecule has 2 aliphatic rings. The van der Waals surface area contributed by atoms with Gasteiger partial charge in [0.15, 0.2) is 0 Å². The van der Waals surface area contributed by atoms with Crippen LogP contribution in [0.2, 0.25) is 0 Å². The van der Waals surface area contributed by atoms with Crippen LogP contribution in [0, 0.1) is 0 Å². The molecule has 2 heteroatoms. The Morgan fingerprint density at radius 1 is 1.57 bits per heavy atom. The average Bonchev–Trinajstić information content (AvgIpc) is 2.41. The standard InChI is InChI=1S/C5H6O2/c1-2-4-5(7-4)6-3-1/h1,3-5H,2H2. The molecule has 0 aliphatic carbocycles. The lowest BCUT2D eigenvalue weighted by Gasteiger charge is -1.95. The van der Waals surface area contributed by atoms with Crippen molar-refractivity contribution >= 4 is 0 Å². The summed E-state index contributed by atoms with van der Waals surface area (Å²) in [5.41, 5.74) is 0. The van der Waals surface area contributed by atoms with Gasteiger partial charge in [-0.25, -0.2) is 0 Å². The second kappa shape index (κ2) is 1.01. The first-order valence-electron chi connectivity index (χ1n) is 2.43. The molecule has 0 radical (unpaired) electrons. The highest BCUT2D eigenvalue weighted by atomic mass is 16.8. The van der Waals surface area contributed by atoms with E-state index >= 15 is 0 Å². The minimum absolute atomic E-state index is 0.116. The predicted octanol–water partition coefficient (Wildman–Crippen LogP) is 0.645. The summed E-state index contributed by atoms with van der Waals surface area (Å²) in [5.74, 6) is 0. The maximum Gasteiger partial charge on any atom is 0.226 e. The molecule has 0 saturated carbocycles. The van der Waals surface area contributed by atoms with Crippen LogP contribution in [0.4, 0.5) is 0 Å². The molecular weight excluding hydrogens is 92.1 g/mol. The fourth-order valence-electron chi connectivity index (χ4n) is 0.736. The van der Waals surface area contributed by atoms with E-state index < -0.39 is 0 Å². The zero-order chi connectivity index (χ0) is 4.69. The largest absolute Gasteiger partial charge is 0.470 e. The SMILES string of the molecule is C1=COC2OC2C1. The van der Waals surface area contributed by atoms with Crippen molar-refractivity contribution in [3.05, 3.63) is 12.3 Å². The Morgan fingerprint density at radius 3 is 3.14 bits per heavy atom. The highest BCUT2D eigenvalue weighted by Gasteiger charge is 2.41. The van der Waals surface area contributed by atoms with Crippen LogP contribution in [0.5, 0.6) is 0 Å². The van der Waals surface area contributed by atoms with Crippen LogP contribution in [-0.4, -0.2) is 12.4 Å². The highest BCUT2D eigenvalue weighted by molar-refractivity contribution is 4.93. The molecule has 2 heterocycles. The summed E-state index contributed by atoms with van der Waals surface area (Å²) in [6.45, 7) is 0. The molecule has 0 amide bonds. The summed E-state index contributed by atoms with van der Waals surface area (Å²) in [4.78, 5) is 0. The van der Waals surface area contributed by atoms with Crippen molar-refractivity contribution in [2.45, 2.75) is 18.8 Å². The molecule has 0 aromatic heterocycles. The zero-order valence-corrected chi connectivity index (χ0v) is 3.83. The van der Waals surface area contributed by atoms with E-state index in [9.17, 15) is 0 Å². The van der Waals surface area contributed by atoms with Gasteiger partial charge in [0.05, 0.1) is 6.26 Å². The van der Waals surface area contributed by atoms with E-state index in [0.717, 1.165) is 6.42 Å². The van der Waals surface area contributed by atoms with Crippen LogP contribution in [0.1, 0.15) is 6.42 Å². The lowest BCUT2D eigenvalue weighted by molar-refractivity contribution is 0.131. The summed E-state index contributed by atoms with van der Waals surface area (Å²) in [5, 5.41) is 0. The molecule has 0 aromatic carbocycles. The van der Waals surface area contributed by atoms with Crippen molar-refractivity contribution in [1.82, 2.24) is 0 Å². The molecule has 0 bridgehead atoms. The highest BCUT2D eigenvalue weighted by Crippen LogP contribution is 2.29. The number of fused-ring (bicyclic) bond motifs is 1. The van der Waals surface area contributed by atoms with E-state index in [4.69, 9.17) is 9.47 Å². The third kappa shape index (κ3) is 0.431. The van der Waals surface area contributed by atoms with Gasteiger partial charge in [0.25, 0.3) is 0 Å². The fraction of sp³-hybridized carbons (Fsp3) is 0.600. The Kier molecular flexibility index (Phi) is 0.504. The first-order valence-corrected chi connectivity index (χ1v) is 2.43. The van der Waals surface area contributed by atoms with Gasteiger partial charge >= 0.3 is 0 Å². The van der Waals surface area contributed by atoms with Crippen molar-refractivity contribution in [3.63, 3.8) is 0 Å². The van der Waals surface area contributed by atoms with Gasteiger partial charge in [-0.15, -0.1) is 0 Å². The molecule has 2 atom stereocenters. The monoisotopic (exact) mass is 98.0 g/mol. The molecule has 0 aromatic rings. The zero-order valence-electron chi connectivity index (χ0n) is 3.83. The number of hydrogen-bond acceptors (Lipinski definition) is 2. The van der Waals surface area contributed by atoms with Crippen molar-refractivity contribution in [1.29, 1.82) is 0 Å². The van der Waals surface area contributed by atoms with Crippen LogP contribution in [0.15, 0.2) is 12.3 Å². The quantitative estimate of drug-likeness (QED) is 0.415. The molecule has 7 heavy (non-hydrogen) atoms. The normalized spacial score (nSPS) is 44.6. The van der Waals surface area contributed by atoms with Gasteiger partial charge in [0.2, 0.25) is 6.29 Å². The molecule has 1 saturated heterocycles. The third-order valence-electron chi connectivity index (χ3n) is 1.21. The van der Waals surface area contributed by atoms with E-state index in [1.807, 2.05) is 6.08 Å². The third-order valence-corrected chi connectivity index (χ3v) is 1.21. The Morgan fingerprint density at radius 2 is 2.57 bits per heavy atom. The predicted molar refractivity (Wildman–Crippen MR) is 23.5 cm³/mol. The molecule has 2 nitrogen and oxygen atoms in total. The van der Waals surface area contributed by atoms with E-state index in [-0.39, 0.29) is 6.29 Å². The summed E-state index contributed by atoms with van der Waals surface area (Å²) < 4.78 is 9.94.